The summed E-state index contributed by atoms with van der Waals surface area (Å²) in [7, 11) is 0. The maximum absolute atomic E-state index is 12.2. The van der Waals surface area contributed by atoms with Crippen LogP contribution in [0.1, 0.15) is 50.8 Å². The number of carbonyl (C=O) groups is 2. The molecule has 2 aromatic rings. The van der Waals surface area contributed by atoms with Gasteiger partial charge in [-0.25, -0.2) is 4.98 Å². The van der Waals surface area contributed by atoms with Gasteiger partial charge in [-0.2, -0.15) is 0 Å². The minimum Gasteiger partial charge on any atom is -0.456 e. The normalized spacial score (nSPS) is 15.1. The molecule has 1 aliphatic heterocycles. The number of aromatic amines is 1. The van der Waals surface area contributed by atoms with Crippen molar-refractivity contribution in [2.45, 2.75) is 51.4 Å². The Bertz CT molecular complexity index is 869. The monoisotopic (exact) mass is 385 g/mol. The van der Waals surface area contributed by atoms with Crippen molar-refractivity contribution in [3.8, 4) is 0 Å². The van der Waals surface area contributed by atoms with Crippen molar-refractivity contribution < 1.29 is 14.3 Å². The van der Waals surface area contributed by atoms with Crippen LogP contribution in [0.2, 0.25) is 0 Å². The highest BCUT2D eigenvalue weighted by Gasteiger charge is 2.16. The zero-order chi connectivity index (χ0) is 19.8. The van der Waals surface area contributed by atoms with Crippen LogP contribution >= 0.6 is 0 Å². The molecule has 1 saturated heterocycles. The van der Waals surface area contributed by atoms with Crippen molar-refractivity contribution in [1.82, 2.24) is 14.9 Å². The highest BCUT2D eigenvalue weighted by molar-refractivity contribution is 5.80. The number of hydrogen-bond acceptors (Lipinski definition) is 5. The van der Waals surface area contributed by atoms with Crippen molar-refractivity contribution in [3.63, 3.8) is 0 Å². The quantitative estimate of drug-likeness (QED) is 0.772. The zero-order valence-corrected chi connectivity index (χ0v) is 16.1. The third kappa shape index (κ3) is 5.65. The van der Waals surface area contributed by atoms with E-state index in [9.17, 15) is 14.4 Å². The fourth-order valence-corrected chi connectivity index (χ4v) is 3.46. The van der Waals surface area contributed by atoms with Crippen LogP contribution in [0.4, 0.5) is 0 Å². The molecule has 0 atom stereocenters. The van der Waals surface area contributed by atoms with Gasteiger partial charge in [0.15, 0.2) is 6.61 Å². The van der Waals surface area contributed by atoms with E-state index in [-0.39, 0.29) is 24.5 Å². The molecule has 0 aliphatic carbocycles. The van der Waals surface area contributed by atoms with Crippen molar-refractivity contribution >= 4 is 22.8 Å². The first-order chi connectivity index (χ1) is 13.6. The number of aryl methyl sites for hydroxylation is 1. The molecule has 1 fully saturated rings. The van der Waals surface area contributed by atoms with E-state index in [0.29, 0.717) is 29.6 Å². The van der Waals surface area contributed by atoms with Gasteiger partial charge >= 0.3 is 5.97 Å². The Morgan fingerprint density at radius 3 is 2.57 bits per heavy atom. The summed E-state index contributed by atoms with van der Waals surface area (Å²) in [4.78, 5) is 45.2. The van der Waals surface area contributed by atoms with Gasteiger partial charge in [-0.05, 0) is 31.4 Å². The van der Waals surface area contributed by atoms with Crippen molar-refractivity contribution in [2.75, 3.05) is 19.7 Å². The number of nitrogens with one attached hydrogen (secondary N) is 1. The number of likely N-dealkylation sites (tertiary alicyclic amines) is 1. The van der Waals surface area contributed by atoms with E-state index < -0.39 is 5.97 Å². The Hall–Kier alpha value is -2.70. The third-order valence-corrected chi connectivity index (χ3v) is 5.02. The Balaban J connectivity index is 1.42. The number of aromatic nitrogens is 2. The van der Waals surface area contributed by atoms with Crippen molar-refractivity contribution in [3.05, 3.63) is 40.4 Å². The van der Waals surface area contributed by atoms with Gasteiger partial charge in [-0.3, -0.25) is 14.4 Å². The molecule has 0 saturated carbocycles. The summed E-state index contributed by atoms with van der Waals surface area (Å²) < 4.78 is 5.14. The lowest BCUT2D eigenvalue weighted by atomic mass is 10.1. The number of esters is 1. The zero-order valence-electron chi connectivity index (χ0n) is 16.1. The Labute approximate surface area is 164 Å². The molecule has 1 aromatic carbocycles. The molecule has 3 rings (SSSR count). The van der Waals surface area contributed by atoms with Gasteiger partial charge in [0.05, 0.1) is 10.9 Å². The molecule has 1 amide bonds. The van der Waals surface area contributed by atoms with Gasteiger partial charge in [0.2, 0.25) is 0 Å². The summed E-state index contributed by atoms with van der Waals surface area (Å²) in [6.45, 7) is 1.30. The first-order valence-corrected chi connectivity index (χ1v) is 10.0. The smallest absolute Gasteiger partial charge is 0.306 e. The summed E-state index contributed by atoms with van der Waals surface area (Å²) in [5, 5.41) is 0.549. The summed E-state index contributed by atoms with van der Waals surface area (Å²) in [6.07, 6.45) is 6.70. The second-order valence-corrected chi connectivity index (χ2v) is 7.19. The summed E-state index contributed by atoms with van der Waals surface area (Å²) in [5.74, 6) is 0.0347. The third-order valence-electron chi connectivity index (χ3n) is 5.02. The van der Waals surface area contributed by atoms with Gasteiger partial charge in [-0.15, -0.1) is 0 Å². The number of fused-ring (bicyclic) bond motifs is 1. The number of para-hydroxylation sites is 1. The van der Waals surface area contributed by atoms with Crippen LogP contribution < -0.4 is 5.56 Å². The van der Waals surface area contributed by atoms with Gasteiger partial charge in [0.1, 0.15) is 5.82 Å². The molecule has 1 aliphatic rings. The predicted molar refractivity (Wildman–Crippen MR) is 106 cm³/mol. The molecule has 0 spiro atoms. The fraction of sp³-hybridized carbons (Fsp3) is 0.524. The lowest BCUT2D eigenvalue weighted by molar-refractivity contribution is -0.152. The Morgan fingerprint density at radius 1 is 1.07 bits per heavy atom. The first-order valence-electron chi connectivity index (χ1n) is 10.0. The molecule has 150 valence electrons. The predicted octanol–water partition coefficient (Wildman–Crippen LogP) is 2.58. The van der Waals surface area contributed by atoms with Crippen LogP contribution in [0.3, 0.4) is 0 Å². The number of amides is 1. The SMILES string of the molecule is O=C(CCCc1nc2ccccc2c(=O)[nH]1)OCC(=O)N1CCCCCCC1. The fourth-order valence-electron chi connectivity index (χ4n) is 3.46. The molecular weight excluding hydrogens is 358 g/mol. The summed E-state index contributed by atoms with van der Waals surface area (Å²) in [6, 6.07) is 7.15. The number of benzene rings is 1. The van der Waals surface area contributed by atoms with Gasteiger partial charge in [0.25, 0.3) is 11.5 Å². The van der Waals surface area contributed by atoms with Gasteiger partial charge in [-0.1, -0.05) is 31.4 Å². The lowest BCUT2D eigenvalue weighted by Crippen LogP contribution is -2.36. The van der Waals surface area contributed by atoms with Crippen LogP contribution in [0.5, 0.6) is 0 Å². The molecule has 1 aromatic heterocycles. The number of carbonyl (C=O) groups excluding carboxylic acids is 2. The molecule has 0 unspecified atom stereocenters. The van der Waals surface area contributed by atoms with E-state index in [1.807, 2.05) is 6.07 Å². The van der Waals surface area contributed by atoms with Crippen molar-refractivity contribution in [1.29, 1.82) is 0 Å². The first kappa shape index (κ1) is 20.0. The number of H-pyrrole nitrogens is 1. The maximum atomic E-state index is 12.2. The average Bonchev–Trinajstić information content (AvgIpc) is 2.66. The van der Waals surface area contributed by atoms with E-state index in [2.05, 4.69) is 9.97 Å². The minimum absolute atomic E-state index is 0.115. The Morgan fingerprint density at radius 2 is 1.79 bits per heavy atom. The average molecular weight is 385 g/mol. The van der Waals surface area contributed by atoms with E-state index >= 15 is 0 Å². The highest BCUT2D eigenvalue weighted by Crippen LogP contribution is 2.11. The van der Waals surface area contributed by atoms with Crippen LogP contribution in [0, 0.1) is 0 Å². The molecule has 0 bridgehead atoms. The van der Waals surface area contributed by atoms with E-state index in [1.54, 1.807) is 23.1 Å². The number of nitrogens with zero attached hydrogens (tertiary/aromatic N) is 2. The lowest BCUT2D eigenvalue weighted by Gasteiger charge is -2.24. The van der Waals surface area contributed by atoms with Crippen molar-refractivity contribution in [2.24, 2.45) is 0 Å². The molecule has 7 nitrogen and oxygen atoms in total. The molecular formula is C21H27N3O4. The van der Waals surface area contributed by atoms with Gasteiger partial charge in [0, 0.05) is 25.9 Å². The second kappa shape index (κ2) is 10.0. The van der Waals surface area contributed by atoms with E-state index in [4.69, 9.17) is 4.74 Å². The standard InChI is InChI=1S/C21H27N3O4/c25-19(24-13-6-2-1-3-7-14-24)15-28-20(26)12-8-11-18-22-17-10-5-4-9-16(17)21(27)23-18/h4-5,9-10H,1-3,6-8,11-15H2,(H,22,23,27). The number of rotatable bonds is 6. The summed E-state index contributed by atoms with van der Waals surface area (Å²) >= 11 is 0. The highest BCUT2D eigenvalue weighted by atomic mass is 16.5. The maximum Gasteiger partial charge on any atom is 0.306 e. The van der Waals surface area contributed by atoms with Crippen LogP contribution in [-0.4, -0.2) is 46.4 Å². The number of ether oxygens (including phenoxy) is 1. The molecule has 0 radical (unpaired) electrons. The Kier molecular flexibility index (Phi) is 7.17. The van der Waals surface area contributed by atoms with Crippen LogP contribution in [-0.2, 0) is 20.7 Å². The van der Waals surface area contributed by atoms with E-state index in [0.717, 1.165) is 38.8 Å². The second-order valence-electron chi connectivity index (χ2n) is 7.19. The minimum atomic E-state index is -0.400. The summed E-state index contributed by atoms with van der Waals surface area (Å²) in [5.41, 5.74) is 0.463. The largest absolute Gasteiger partial charge is 0.456 e. The molecule has 7 heteroatoms. The molecule has 2 heterocycles. The topological polar surface area (TPSA) is 92.4 Å². The number of hydrogen-bond donors (Lipinski definition) is 1. The van der Waals surface area contributed by atoms with Crippen LogP contribution in [0.15, 0.2) is 29.1 Å². The molecule has 28 heavy (non-hydrogen) atoms. The van der Waals surface area contributed by atoms with Gasteiger partial charge < -0.3 is 14.6 Å². The van der Waals surface area contributed by atoms with Crippen LogP contribution in [0.25, 0.3) is 10.9 Å². The van der Waals surface area contributed by atoms with E-state index in [1.165, 1.54) is 6.42 Å². The molecule has 1 N–H and O–H groups in total.